The largest absolute Gasteiger partial charge is 0.385 e. The van der Waals surface area contributed by atoms with E-state index in [2.05, 4.69) is 11.1 Å². The Bertz CT molecular complexity index is 422. The first-order valence-corrected chi connectivity index (χ1v) is 6.63. The first-order valence-electron chi connectivity index (χ1n) is 5.81. The summed E-state index contributed by atoms with van der Waals surface area (Å²) in [6, 6.07) is 8.18. The van der Waals surface area contributed by atoms with Crippen molar-refractivity contribution >= 4 is 21.6 Å². The molecule has 92 valence electrons. The van der Waals surface area contributed by atoms with Crippen LogP contribution in [0.5, 0.6) is 0 Å². The Morgan fingerprint density at radius 1 is 1.18 bits per heavy atom. The number of methoxy groups -OCH3 is 1. The molecule has 0 amide bonds. The molecule has 17 heavy (non-hydrogen) atoms. The number of aromatic nitrogens is 1. The summed E-state index contributed by atoms with van der Waals surface area (Å²) in [6.45, 7) is 2.20. The van der Waals surface area contributed by atoms with E-state index in [-0.39, 0.29) is 0 Å². The third-order valence-corrected chi connectivity index (χ3v) is 3.46. The standard InChI is InChI=1S/C13H17NO2S/c1-15-8-4-5-9-16-10-13-14-11-6-2-3-7-12(11)17-13/h2-3,6-7H,4-5,8-10H2,1H3. The average Bonchev–Trinajstić information content (AvgIpc) is 2.76. The third kappa shape index (κ3) is 3.77. The van der Waals surface area contributed by atoms with E-state index >= 15 is 0 Å². The topological polar surface area (TPSA) is 31.4 Å². The minimum atomic E-state index is 0.617. The smallest absolute Gasteiger partial charge is 0.120 e. The zero-order valence-electron chi connectivity index (χ0n) is 10.0. The zero-order valence-corrected chi connectivity index (χ0v) is 10.8. The normalized spacial score (nSPS) is 11.1. The van der Waals surface area contributed by atoms with E-state index in [1.54, 1.807) is 18.4 Å². The number of unbranched alkanes of at least 4 members (excludes halogenated alkanes) is 1. The maximum atomic E-state index is 5.59. The van der Waals surface area contributed by atoms with Crippen molar-refractivity contribution in [2.24, 2.45) is 0 Å². The molecule has 0 bridgehead atoms. The van der Waals surface area contributed by atoms with Crippen LogP contribution in [0.4, 0.5) is 0 Å². The molecule has 0 atom stereocenters. The molecule has 4 heteroatoms. The molecule has 0 unspecified atom stereocenters. The maximum Gasteiger partial charge on any atom is 0.120 e. The van der Waals surface area contributed by atoms with Crippen molar-refractivity contribution in [1.82, 2.24) is 4.98 Å². The molecule has 2 rings (SSSR count). The lowest BCUT2D eigenvalue weighted by atomic mass is 10.3. The van der Waals surface area contributed by atoms with Gasteiger partial charge in [0.1, 0.15) is 5.01 Å². The molecular weight excluding hydrogens is 234 g/mol. The molecular formula is C13H17NO2S. The summed E-state index contributed by atoms with van der Waals surface area (Å²) in [5.41, 5.74) is 1.07. The predicted octanol–water partition coefficient (Wildman–Crippen LogP) is 3.24. The summed E-state index contributed by atoms with van der Waals surface area (Å²) in [4.78, 5) is 4.52. The molecule has 0 spiro atoms. The van der Waals surface area contributed by atoms with E-state index in [1.165, 1.54) is 4.70 Å². The molecule has 0 aliphatic rings. The Hall–Kier alpha value is -0.970. The SMILES string of the molecule is COCCCCOCc1nc2ccccc2s1. The van der Waals surface area contributed by atoms with E-state index in [4.69, 9.17) is 9.47 Å². The molecule has 1 aromatic heterocycles. The molecule has 0 radical (unpaired) electrons. The van der Waals surface area contributed by atoms with Crippen LogP contribution in [0.2, 0.25) is 0 Å². The molecule has 0 aliphatic carbocycles. The van der Waals surface area contributed by atoms with E-state index in [0.717, 1.165) is 36.6 Å². The minimum absolute atomic E-state index is 0.617. The van der Waals surface area contributed by atoms with Crippen LogP contribution in [0.1, 0.15) is 17.8 Å². The van der Waals surface area contributed by atoms with Gasteiger partial charge in [0.15, 0.2) is 0 Å². The second kappa shape index (κ2) is 6.69. The van der Waals surface area contributed by atoms with Crippen LogP contribution in [-0.2, 0) is 16.1 Å². The first kappa shape index (κ1) is 12.5. The Kier molecular flexibility index (Phi) is 4.91. The summed E-state index contributed by atoms with van der Waals surface area (Å²) < 4.78 is 11.8. The number of hydrogen-bond acceptors (Lipinski definition) is 4. The Balaban J connectivity index is 1.75. The summed E-state index contributed by atoms with van der Waals surface area (Å²) in [5.74, 6) is 0. The van der Waals surface area contributed by atoms with Crippen molar-refractivity contribution in [1.29, 1.82) is 0 Å². The number of rotatable bonds is 7. The van der Waals surface area contributed by atoms with Gasteiger partial charge in [0.2, 0.25) is 0 Å². The summed E-state index contributed by atoms with van der Waals surface area (Å²) >= 11 is 1.70. The molecule has 0 saturated carbocycles. The number of thiazole rings is 1. The van der Waals surface area contributed by atoms with Gasteiger partial charge in [-0.15, -0.1) is 11.3 Å². The van der Waals surface area contributed by atoms with Crippen LogP contribution in [-0.4, -0.2) is 25.3 Å². The highest BCUT2D eigenvalue weighted by Crippen LogP contribution is 2.21. The van der Waals surface area contributed by atoms with Gasteiger partial charge in [-0.3, -0.25) is 0 Å². The quantitative estimate of drug-likeness (QED) is 0.708. The molecule has 2 aromatic rings. The van der Waals surface area contributed by atoms with Crippen LogP contribution in [0.25, 0.3) is 10.2 Å². The summed E-state index contributed by atoms with van der Waals surface area (Å²) in [5, 5.41) is 1.05. The zero-order chi connectivity index (χ0) is 11.9. The van der Waals surface area contributed by atoms with Crippen LogP contribution < -0.4 is 0 Å². The van der Waals surface area contributed by atoms with E-state index < -0.39 is 0 Å². The highest BCUT2D eigenvalue weighted by molar-refractivity contribution is 7.18. The van der Waals surface area contributed by atoms with Gasteiger partial charge >= 0.3 is 0 Å². The predicted molar refractivity (Wildman–Crippen MR) is 70.4 cm³/mol. The molecule has 0 saturated heterocycles. The highest BCUT2D eigenvalue weighted by Gasteiger charge is 2.02. The van der Waals surface area contributed by atoms with Crippen molar-refractivity contribution in [2.75, 3.05) is 20.3 Å². The number of ether oxygens (including phenoxy) is 2. The van der Waals surface area contributed by atoms with Gasteiger partial charge in [-0.2, -0.15) is 0 Å². The number of para-hydroxylation sites is 1. The van der Waals surface area contributed by atoms with Gasteiger partial charge in [0, 0.05) is 20.3 Å². The van der Waals surface area contributed by atoms with Gasteiger partial charge in [-0.05, 0) is 25.0 Å². The van der Waals surface area contributed by atoms with Crippen LogP contribution >= 0.6 is 11.3 Å². The maximum absolute atomic E-state index is 5.59. The van der Waals surface area contributed by atoms with E-state index in [9.17, 15) is 0 Å². The number of nitrogens with zero attached hydrogens (tertiary/aromatic N) is 1. The van der Waals surface area contributed by atoms with Crippen molar-refractivity contribution in [2.45, 2.75) is 19.4 Å². The van der Waals surface area contributed by atoms with Crippen LogP contribution in [0.3, 0.4) is 0 Å². The molecule has 0 N–H and O–H groups in total. The molecule has 1 aromatic carbocycles. The van der Waals surface area contributed by atoms with Crippen molar-refractivity contribution in [3.63, 3.8) is 0 Å². The lowest BCUT2D eigenvalue weighted by Gasteiger charge is -2.01. The second-order valence-corrected chi connectivity index (χ2v) is 4.94. The summed E-state index contributed by atoms with van der Waals surface area (Å²) in [7, 11) is 1.72. The van der Waals surface area contributed by atoms with Crippen LogP contribution in [0, 0.1) is 0 Å². The minimum Gasteiger partial charge on any atom is -0.385 e. The molecule has 0 fully saturated rings. The lowest BCUT2D eigenvalue weighted by Crippen LogP contribution is -1.97. The number of benzene rings is 1. The van der Waals surface area contributed by atoms with Gasteiger partial charge in [0.05, 0.1) is 16.8 Å². The average molecular weight is 251 g/mol. The number of hydrogen-bond donors (Lipinski definition) is 0. The van der Waals surface area contributed by atoms with Gasteiger partial charge in [-0.25, -0.2) is 4.98 Å². The lowest BCUT2D eigenvalue weighted by molar-refractivity contribution is 0.108. The number of fused-ring (bicyclic) bond motifs is 1. The Morgan fingerprint density at radius 2 is 2.00 bits per heavy atom. The van der Waals surface area contributed by atoms with Crippen molar-refractivity contribution in [3.05, 3.63) is 29.3 Å². The molecule has 3 nitrogen and oxygen atoms in total. The fourth-order valence-corrected chi connectivity index (χ4v) is 2.50. The van der Waals surface area contributed by atoms with E-state index in [1.807, 2.05) is 18.2 Å². The molecule has 1 heterocycles. The monoisotopic (exact) mass is 251 g/mol. The van der Waals surface area contributed by atoms with Crippen molar-refractivity contribution < 1.29 is 9.47 Å². The summed E-state index contributed by atoms with van der Waals surface area (Å²) in [6.07, 6.45) is 2.09. The Morgan fingerprint density at radius 3 is 2.82 bits per heavy atom. The fraction of sp³-hybridized carbons (Fsp3) is 0.462. The highest BCUT2D eigenvalue weighted by atomic mass is 32.1. The molecule has 0 aliphatic heterocycles. The van der Waals surface area contributed by atoms with Crippen molar-refractivity contribution in [3.8, 4) is 0 Å². The van der Waals surface area contributed by atoms with Gasteiger partial charge in [-0.1, -0.05) is 12.1 Å². The third-order valence-electron chi connectivity index (χ3n) is 2.45. The van der Waals surface area contributed by atoms with E-state index in [0.29, 0.717) is 6.61 Å². The second-order valence-electron chi connectivity index (χ2n) is 3.83. The first-order chi connectivity index (χ1) is 8.40. The van der Waals surface area contributed by atoms with Gasteiger partial charge < -0.3 is 9.47 Å². The Labute approximate surface area is 105 Å². The van der Waals surface area contributed by atoms with Gasteiger partial charge in [0.25, 0.3) is 0 Å². The fourth-order valence-electron chi connectivity index (χ4n) is 1.59. The van der Waals surface area contributed by atoms with Crippen LogP contribution in [0.15, 0.2) is 24.3 Å².